The van der Waals surface area contributed by atoms with E-state index in [0.717, 1.165) is 0 Å². The van der Waals surface area contributed by atoms with Crippen LogP contribution in [0, 0.1) is 10.1 Å². The number of hydrogen-bond donors (Lipinski definition) is 0. The molecule has 0 fully saturated rings. The molecule has 0 spiro atoms. The smallest absolute Gasteiger partial charge is 0.343 e. The van der Waals surface area contributed by atoms with Crippen LogP contribution in [0.1, 0.15) is 11.1 Å². The van der Waals surface area contributed by atoms with E-state index in [4.69, 9.17) is 27.9 Å². The summed E-state index contributed by atoms with van der Waals surface area (Å²) in [5.41, 5.74) is 1.20. The van der Waals surface area contributed by atoms with Gasteiger partial charge in [0.2, 0.25) is 0 Å². The zero-order valence-electron chi connectivity index (χ0n) is 12.0. The number of non-ortho nitro benzene ring substituents is 1. The van der Waals surface area contributed by atoms with Crippen molar-refractivity contribution in [1.29, 1.82) is 0 Å². The van der Waals surface area contributed by atoms with Crippen LogP contribution in [-0.2, 0) is 9.53 Å². The van der Waals surface area contributed by atoms with Crippen LogP contribution in [-0.4, -0.2) is 10.9 Å². The lowest BCUT2D eigenvalue weighted by molar-refractivity contribution is -0.384. The van der Waals surface area contributed by atoms with E-state index in [9.17, 15) is 14.9 Å². The quantitative estimate of drug-likeness (QED) is 0.338. The molecule has 2 aromatic rings. The molecule has 120 valence electrons. The van der Waals surface area contributed by atoms with E-state index in [2.05, 4.69) is 0 Å². The molecule has 1 heterocycles. The van der Waals surface area contributed by atoms with Crippen molar-refractivity contribution in [3.8, 4) is 0 Å². The van der Waals surface area contributed by atoms with Gasteiger partial charge < -0.3 is 4.74 Å². The Morgan fingerprint density at radius 2 is 1.79 bits per heavy atom. The van der Waals surface area contributed by atoms with Crippen molar-refractivity contribution in [2.75, 3.05) is 0 Å². The van der Waals surface area contributed by atoms with Gasteiger partial charge in [0.15, 0.2) is 0 Å². The molecule has 7 heteroatoms. The lowest BCUT2D eigenvalue weighted by atomic mass is 10.1. The highest BCUT2D eigenvalue weighted by molar-refractivity contribution is 6.32. The Morgan fingerprint density at radius 3 is 2.46 bits per heavy atom. The summed E-state index contributed by atoms with van der Waals surface area (Å²) in [6.45, 7) is 0. The van der Waals surface area contributed by atoms with Crippen molar-refractivity contribution < 1.29 is 14.5 Å². The lowest BCUT2D eigenvalue weighted by Gasteiger charge is -2.01. The third-order valence-electron chi connectivity index (χ3n) is 3.36. The van der Waals surface area contributed by atoms with Crippen molar-refractivity contribution in [1.82, 2.24) is 0 Å². The number of rotatable bonds is 3. The molecular formula is C17H9Cl2NO4. The van der Waals surface area contributed by atoms with E-state index in [1.165, 1.54) is 24.3 Å². The Labute approximate surface area is 146 Å². The summed E-state index contributed by atoms with van der Waals surface area (Å²) in [4.78, 5) is 22.3. The van der Waals surface area contributed by atoms with Crippen LogP contribution in [0.5, 0.6) is 0 Å². The zero-order chi connectivity index (χ0) is 17.3. The number of esters is 1. The van der Waals surface area contributed by atoms with Crippen molar-refractivity contribution >= 4 is 46.7 Å². The van der Waals surface area contributed by atoms with Crippen molar-refractivity contribution in [2.24, 2.45) is 0 Å². The molecule has 0 atom stereocenters. The molecule has 3 rings (SSSR count). The number of nitrogens with zero attached hydrogens (tertiary/aromatic N) is 1. The fraction of sp³-hybridized carbons (Fsp3) is 0. The average molecular weight is 362 g/mol. The number of benzene rings is 2. The second kappa shape index (κ2) is 6.47. The number of cyclic esters (lactones) is 1. The largest absolute Gasteiger partial charge is 0.422 e. The second-order valence-corrected chi connectivity index (χ2v) is 5.81. The molecule has 0 bridgehead atoms. The van der Waals surface area contributed by atoms with Gasteiger partial charge in [-0.05, 0) is 42.5 Å². The summed E-state index contributed by atoms with van der Waals surface area (Å²) >= 11 is 11.9. The van der Waals surface area contributed by atoms with Gasteiger partial charge in [-0.1, -0.05) is 23.2 Å². The Morgan fingerprint density at radius 1 is 1.08 bits per heavy atom. The Hall–Kier alpha value is -2.63. The topological polar surface area (TPSA) is 69.4 Å². The van der Waals surface area contributed by atoms with Gasteiger partial charge in [-0.15, -0.1) is 0 Å². The van der Waals surface area contributed by atoms with Gasteiger partial charge in [0.25, 0.3) is 5.69 Å². The number of halogens is 2. The zero-order valence-corrected chi connectivity index (χ0v) is 13.5. The third kappa shape index (κ3) is 3.32. The van der Waals surface area contributed by atoms with Gasteiger partial charge in [0.05, 0.1) is 10.5 Å². The summed E-state index contributed by atoms with van der Waals surface area (Å²) in [5, 5.41) is 11.7. The van der Waals surface area contributed by atoms with Crippen molar-refractivity contribution in [3.05, 3.63) is 85.4 Å². The van der Waals surface area contributed by atoms with Gasteiger partial charge in [-0.3, -0.25) is 10.1 Å². The summed E-state index contributed by atoms with van der Waals surface area (Å²) in [6, 6.07) is 10.8. The molecule has 0 unspecified atom stereocenters. The standard InChI is InChI=1S/C17H9Cl2NO4/c18-13-3-1-10(2-4-13)16-9-12(17(21)24-16)7-11-8-14(20(22)23)5-6-15(11)19/h1-9H/b12-7+. The third-order valence-corrected chi connectivity index (χ3v) is 3.95. The number of ether oxygens (including phenoxy) is 1. The van der Waals surface area contributed by atoms with E-state index in [-0.39, 0.29) is 11.3 Å². The van der Waals surface area contributed by atoms with Crippen molar-refractivity contribution in [3.63, 3.8) is 0 Å². The minimum atomic E-state index is -0.553. The minimum absolute atomic E-state index is 0.112. The molecule has 5 nitrogen and oxygen atoms in total. The van der Waals surface area contributed by atoms with Gasteiger partial charge in [0.1, 0.15) is 5.76 Å². The fourth-order valence-electron chi connectivity index (χ4n) is 2.17. The summed E-state index contributed by atoms with van der Waals surface area (Å²) in [7, 11) is 0. The Bertz CT molecular complexity index is 901. The van der Waals surface area contributed by atoms with Crippen LogP contribution in [0.2, 0.25) is 10.0 Å². The summed E-state index contributed by atoms with van der Waals surface area (Å²) < 4.78 is 5.22. The molecule has 1 aliphatic rings. The molecular weight excluding hydrogens is 353 g/mol. The SMILES string of the molecule is O=C1OC(c2ccc(Cl)cc2)=C/C1=C\c1cc([N+](=O)[O-])ccc1Cl. The molecule has 0 saturated carbocycles. The monoisotopic (exact) mass is 361 g/mol. The maximum Gasteiger partial charge on any atom is 0.343 e. The predicted molar refractivity (Wildman–Crippen MR) is 91.6 cm³/mol. The van der Waals surface area contributed by atoms with Crippen LogP contribution < -0.4 is 0 Å². The average Bonchev–Trinajstić information content (AvgIpc) is 2.91. The molecule has 0 aliphatic carbocycles. The Balaban J connectivity index is 1.98. The molecule has 0 radical (unpaired) electrons. The van der Waals surface area contributed by atoms with E-state index in [1.807, 2.05) is 0 Å². The molecule has 0 aromatic heterocycles. The van der Waals surface area contributed by atoms with Crippen LogP contribution in [0.3, 0.4) is 0 Å². The number of carbonyl (C=O) groups is 1. The molecule has 0 saturated heterocycles. The second-order valence-electron chi connectivity index (χ2n) is 4.97. The number of carbonyl (C=O) groups excluding carboxylic acids is 1. The van der Waals surface area contributed by atoms with Crippen LogP contribution in [0.15, 0.2) is 54.1 Å². The van der Waals surface area contributed by atoms with E-state index < -0.39 is 10.9 Å². The first kappa shape index (κ1) is 16.2. The van der Waals surface area contributed by atoms with E-state index >= 15 is 0 Å². The fourth-order valence-corrected chi connectivity index (χ4v) is 2.47. The first-order valence-electron chi connectivity index (χ1n) is 6.79. The first-order valence-corrected chi connectivity index (χ1v) is 7.55. The molecule has 2 aromatic carbocycles. The van der Waals surface area contributed by atoms with Crippen LogP contribution in [0.4, 0.5) is 5.69 Å². The van der Waals surface area contributed by atoms with Crippen LogP contribution in [0.25, 0.3) is 11.8 Å². The molecule has 1 aliphatic heterocycles. The van der Waals surface area contributed by atoms with Gasteiger partial charge >= 0.3 is 5.97 Å². The molecule has 0 amide bonds. The first-order chi connectivity index (χ1) is 11.4. The lowest BCUT2D eigenvalue weighted by Crippen LogP contribution is -1.97. The molecule has 24 heavy (non-hydrogen) atoms. The maximum absolute atomic E-state index is 12.0. The van der Waals surface area contributed by atoms with Gasteiger partial charge in [0, 0.05) is 33.3 Å². The number of nitro groups is 1. The number of hydrogen-bond acceptors (Lipinski definition) is 4. The van der Waals surface area contributed by atoms with Gasteiger partial charge in [-0.2, -0.15) is 0 Å². The summed E-state index contributed by atoms with van der Waals surface area (Å²) in [6.07, 6.45) is 3.02. The van der Waals surface area contributed by atoms with Crippen molar-refractivity contribution in [2.45, 2.75) is 0 Å². The maximum atomic E-state index is 12.0. The van der Waals surface area contributed by atoms with Crippen LogP contribution >= 0.6 is 23.2 Å². The summed E-state index contributed by atoms with van der Waals surface area (Å²) in [5.74, 6) is -0.174. The Kier molecular flexibility index (Phi) is 4.38. The predicted octanol–water partition coefficient (Wildman–Crippen LogP) is 4.88. The van der Waals surface area contributed by atoms with E-state index in [0.29, 0.717) is 26.9 Å². The highest BCUT2D eigenvalue weighted by Crippen LogP contribution is 2.30. The molecule has 0 N–H and O–H groups in total. The normalized spacial score (nSPS) is 15.3. The highest BCUT2D eigenvalue weighted by Gasteiger charge is 2.22. The number of nitro benzene ring substituents is 1. The van der Waals surface area contributed by atoms with Gasteiger partial charge in [-0.25, -0.2) is 4.79 Å². The highest BCUT2D eigenvalue weighted by atomic mass is 35.5. The van der Waals surface area contributed by atoms with E-state index in [1.54, 1.807) is 30.3 Å². The minimum Gasteiger partial charge on any atom is -0.422 e.